The standard InChI is InChI=1S/C11H24N2O2/c1-8(9-4-5-9)13(2)11(6-14)10(12)7-15-3/h8-11,14H,4-7,12H2,1-3H3. The second-order valence-corrected chi connectivity index (χ2v) is 4.61. The molecule has 3 N–H and O–H groups in total. The van der Waals surface area contributed by atoms with E-state index in [0.29, 0.717) is 12.6 Å². The molecule has 1 aliphatic carbocycles. The van der Waals surface area contributed by atoms with Crippen LogP contribution in [-0.4, -0.2) is 55.5 Å². The summed E-state index contributed by atoms with van der Waals surface area (Å²) in [7, 11) is 3.68. The van der Waals surface area contributed by atoms with Crippen LogP contribution in [0.2, 0.25) is 0 Å². The Bertz CT molecular complexity index is 185. The van der Waals surface area contributed by atoms with Gasteiger partial charge < -0.3 is 15.6 Å². The quantitative estimate of drug-likeness (QED) is 0.631. The fourth-order valence-electron chi connectivity index (χ4n) is 2.08. The van der Waals surface area contributed by atoms with Gasteiger partial charge in [-0.1, -0.05) is 0 Å². The first-order valence-corrected chi connectivity index (χ1v) is 5.69. The van der Waals surface area contributed by atoms with Crippen molar-refractivity contribution in [2.75, 3.05) is 27.4 Å². The van der Waals surface area contributed by atoms with Crippen molar-refractivity contribution in [3.8, 4) is 0 Å². The molecule has 0 amide bonds. The van der Waals surface area contributed by atoms with Gasteiger partial charge in [-0.2, -0.15) is 0 Å². The molecule has 15 heavy (non-hydrogen) atoms. The number of hydrogen-bond donors (Lipinski definition) is 2. The van der Waals surface area contributed by atoms with E-state index in [1.54, 1.807) is 7.11 Å². The molecular weight excluding hydrogens is 192 g/mol. The van der Waals surface area contributed by atoms with Crippen LogP contribution in [0, 0.1) is 5.92 Å². The Labute approximate surface area is 92.4 Å². The van der Waals surface area contributed by atoms with Crippen LogP contribution in [0.1, 0.15) is 19.8 Å². The van der Waals surface area contributed by atoms with E-state index in [-0.39, 0.29) is 18.7 Å². The van der Waals surface area contributed by atoms with Gasteiger partial charge in [0.1, 0.15) is 0 Å². The van der Waals surface area contributed by atoms with E-state index in [0.717, 1.165) is 5.92 Å². The molecule has 0 spiro atoms. The molecule has 4 heteroatoms. The normalized spacial score (nSPS) is 22.8. The smallest absolute Gasteiger partial charge is 0.0629 e. The molecule has 0 bridgehead atoms. The third-order valence-corrected chi connectivity index (χ3v) is 3.51. The first-order chi connectivity index (χ1) is 7.11. The number of hydrogen-bond acceptors (Lipinski definition) is 4. The first kappa shape index (κ1) is 12.9. The van der Waals surface area contributed by atoms with Gasteiger partial charge in [-0.3, -0.25) is 4.90 Å². The number of methoxy groups -OCH3 is 1. The lowest BCUT2D eigenvalue weighted by atomic mass is 10.1. The van der Waals surface area contributed by atoms with E-state index in [4.69, 9.17) is 10.5 Å². The van der Waals surface area contributed by atoms with Crippen molar-refractivity contribution in [1.82, 2.24) is 4.90 Å². The fourth-order valence-corrected chi connectivity index (χ4v) is 2.08. The van der Waals surface area contributed by atoms with E-state index >= 15 is 0 Å². The van der Waals surface area contributed by atoms with Crippen molar-refractivity contribution in [2.24, 2.45) is 11.7 Å². The lowest BCUT2D eigenvalue weighted by Gasteiger charge is -2.35. The molecule has 0 aromatic carbocycles. The maximum atomic E-state index is 9.37. The summed E-state index contributed by atoms with van der Waals surface area (Å²) < 4.78 is 5.03. The summed E-state index contributed by atoms with van der Waals surface area (Å²) in [5.74, 6) is 0.791. The number of likely N-dealkylation sites (N-methyl/N-ethyl adjacent to an activating group) is 1. The number of aliphatic hydroxyl groups excluding tert-OH is 1. The van der Waals surface area contributed by atoms with Gasteiger partial charge >= 0.3 is 0 Å². The highest BCUT2D eigenvalue weighted by Gasteiger charge is 2.34. The Morgan fingerprint density at radius 1 is 1.53 bits per heavy atom. The van der Waals surface area contributed by atoms with E-state index in [1.165, 1.54) is 12.8 Å². The number of ether oxygens (including phenoxy) is 1. The van der Waals surface area contributed by atoms with E-state index < -0.39 is 0 Å². The maximum Gasteiger partial charge on any atom is 0.0629 e. The molecule has 0 heterocycles. The van der Waals surface area contributed by atoms with Crippen molar-refractivity contribution in [1.29, 1.82) is 0 Å². The molecule has 0 aromatic heterocycles. The summed E-state index contributed by atoms with van der Waals surface area (Å²) >= 11 is 0. The lowest BCUT2D eigenvalue weighted by Crippen LogP contribution is -2.53. The Kier molecular flexibility index (Phi) is 4.99. The number of rotatable bonds is 7. The summed E-state index contributed by atoms with van der Waals surface area (Å²) in [4.78, 5) is 2.20. The molecule has 1 rings (SSSR count). The lowest BCUT2D eigenvalue weighted by molar-refractivity contribution is 0.0600. The Morgan fingerprint density at radius 2 is 2.13 bits per heavy atom. The minimum Gasteiger partial charge on any atom is -0.395 e. The highest BCUT2D eigenvalue weighted by Crippen LogP contribution is 2.35. The van der Waals surface area contributed by atoms with Gasteiger partial charge in [0.15, 0.2) is 0 Å². The molecule has 1 fully saturated rings. The van der Waals surface area contributed by atoms with Crippen LogP contribution in [0.25, 0.3) is 0 Å². The fraction of sp³-hybridized carbons (Fsp3) is 1.00. The van der Waals surface area contributed by atoms with Crippen LogP contribution in [-0.2, 0) is 4.74 Å². The van der Waals surface area contributed by atoms with Crippen LogP contribution < -0.4 is 5.73 Å². The van der Waals surface area contributed by atoms with Crippen molar-refractivity contribution < 1.29 is 9.84 Å². The number of nitrogens with zero attached hydrogens (tertiary/aromatic N) is 1. The van der Waals surface area contributed by atoms with Crippen LogP contribution in [0.15, 0.2) is 0 Å². The van der Waals surface area contributed by atoms with Crippen molar-refractivity contribution in [2.45, 2.75) is 37.9 Å². The first-order valence-electron chi connectivity index (χ1n) is 5.69. The van der Waals surface area contributed by atoms with Crippen LogP contribution in [0.4, 0.5) is 0 Å². The summed E-state index contributed by atoms with van der Waals surface area (Å²) in [6, 6.07) is 0.386. The zero-order valence-corrected chi connectivity index (χ0v) is 10.0. The van der Waals surface area contributed by atoms with Crippen LogP contribution in [0.5, 0.6) is 0 Å². The Hall–Kier alpha value is -0.160. The van der Waals surface area contributed by atoms with Gasteiger partial charge in [0.2, 0.25) is 0 Å². The van der Waals surface area contributed by atoms with Crippen LogP contribution in [0.3, 0.4) is 0 Å². The topological polar surface area (TPSA) is 58.7 Å². The third kappa shape index (κ3) is 3.41. The monoisotopic (exact) mass is 216 g/mol. The number of aliphatic hydroxyl groups is 1. The maximum absolute atomic E-state index is 9.37. The summed E-state index contributed by atoms with van der Waals surface area (Å²) in [6.45, 7) is 2.80. The molecule has 1 saturated carbocycles. The van der Waals surface area contributed by atoms with Crippen molar-refractivity contribution in [3.63, 3.8) is 0 Å². The molecule has 0 aliphatic heterocycles. The molecule has 4 nitrogen and oxygen atoms in total. The van der Waals surface area contributed by atoms with E-state index in [9.17, 15) is 5.11 Å². The summed E-state index contributed by atoms with van der Waals surface area (Å²) in [5.41, 5.74) is 5.97. The van der Waals surface area contributed by atoms with Gasteiger partial charge in [-0.25, -0.2) is 0 Å². The SMILES string of the molecule is COCC(N)C(CO)N(C)C(C)C1CC1. The molecule has 0 saturated heterocycles. The minimum absolute atomic E-state index is 0.000509. The van der Waals surface area contributed by atoms with Crippen LogP contribution >= 0.6 is 0 Å². The molecule has 0 aromatic rings. The van der Waals surface area contributed by atoms with Gasteiger partial charge in [-0.05, 0) is 32.7 Å². The molecular formula is C11H24N2O2. The second kappa shape index (κ2) is 5.80. The van der Waals surface area contributed by atoms with E-state index in [1.807, 2.05) is 7.05 Å². The zero-order valence-electron chi connectivity index (χ0n) is 10.0. The summed E-state index contributed by atoms with van der Waals surface area (Å²) in [5, 5.41) is 9.37. The highest BCUT2D eigenvalue weighted by atomic mass is 16.5. The molecule has 3 unspecified atom stereocenters. The predicted molar refractivity (Wildman–Crippen MR) is 60.7 cm³/mol. The summed E-state index contributed by atoms with van der Waals surface area (Å²) in [6.07, 6.45) is 2.62. The average Bonchev–Trinajstić information content (AvgIpc) is 3.01. The predicted octanol–water partition coefficient (Wildman–Crippen LogP) is 0.0513. The third-order valence-electron chi connectivity index (χ3n) is 3.51. The van der Waals surface area contributed by atoms with E-state index in [2.05, 4.69) is 11.8 Å². The Balaban J connectivity index is 2.47. The number of nitrogens with two attached hydrogens (primary N) is 1. The van der Waals surface area contributed by atoms with Crippen molar-refractivity contribution in [3.05, 3.63) is 0 Å². The van der Waals surface area contributed by atoms with Gasteiger partial charge in [0.25, 0.3) is 0 Å². The van der Waals surface area contributed by atoms with Crippen molar-refractivity contribution >= 4 is 0 Å². The minimum atomic E-state index is -0.119. The van der Waals surface area contributed by atoms with Gasteiger partial charge in [0, 0.05) is 19.2 Å². The highest BCUT2D eigenvalue weighted by molar-refractivity contribution is 4.89. The van der Waals surface area contributed by atoms with Gasteiger partial charge in [0.05, 0.1) is 19.3 Å². The Morgan fingerprint density at radius 3 is 2.53 bits per heavy atom. The molecule has 0 radical (unpaired) electrons. The molecule has 1 aliphatic rings. The molecule has 90 valence electrons. The van der Waals surface area contributed by atoms with Gasteiger partial charge in [-0.15, -0.1) is 0 Å². The zero-order chi connectivity index (χ0) is 11.4. The average molecular weight is 216 g/mol. The second-order valence-electron chi connectivity index (χ2n) is 4.61. The largest absolute Gasteiger partial charge is 0.395 e. The molecule has 3 atom stereocenters.